The van der Waals surface area contributed by atoms with E-state index in [4.69, 9.17) is 0 Å². The second-order valence-electron chi connectivity index (χ2n) is 4.54. The highest BCUT2D eigenvalue weighted by atomic mass is 16.3. The number of carbonyl (C=O) groups excluding carboxylic acids is 1. The largest absolute Gasteiger partial charge is 0.507 e. The summed E-state index contributed by atoms with van der Waals surface area (Å²) in [6.45, 7) is 1.86. The summed E-state index contributed by atoms with van der Waals surface area (Å²) in [6.07, 6.45) is 0.675. The molecule has 0 aliphatic carbocycles. The van der Waals surface area contributed by atoms with Crippen LogP contribution in [0.1, 0.15) is 6.92 Å². The molecule has 0 atom stereocenters. The van der Waals surface area contributed by atoms with Crippen LogP contribution in [0.15, 0.2) is 42.5 Å². The van der Waals surface area contributed by atoms with Crippen molar-refractivity contribution in [1.82, 2.24) is 5.32 Å². The standard InChI is InChI=1S/C16H13NO2/c1-10(17-9-18)12-6-7-14-15(19)8-5-11-3-2-4-13(12)16(11)14/h2-9,19H,1H3,(H,17,18). The predicted octanol–water partition coefficient (Wildman–Crippen LogP) is 2.29. The molecular weight excluding hydrogens is 238 g/mol. The van der Waals surface area contributed by atoms with Crippen LogP contribution in [-0.2, 0) is 4.79 Å². The first-order valence-corrected chi connectivity index (χ1v) is 6.06. The molecule has 0 bridgehead atoms. The molecule has 0 saturated carbocycles. The average molecular weight is 251 g/mol. The van der Waals surface area contributed by atoms with Gasteiger partial charge in [-0.1, -0.05) is 30.3 Å². The molecule has 0 aromatic heterocycles. The van der Waals surface area contributed by atoms with Crippen molar-refractivity contribution in [3.05, 3.63) is 47.7 Å². The van der Waals surface area contributed by atoms with E-state index in [0.717, 1.165) is 32.5 Å². The molecule has 0 aliphatic heterocycles. The molecule has 3 rings (SSSR count). The molecule has 0 fully saturated rings. The number of amides is 1. The number of benzene rings is 3. The summed E-state index contributed by atoms with van der Waals surface area (Å²) in [5.41, 5.74) is 0.799. The Kier molecular flexibility index (Phi) is 2.60. The number of carbonyl (C=O) groups is 1. The van der Waals surface area contributed by atoms with Gasteiger partial charge in [0.1, 0.15) is 5.75 Å². The molecule has 0 heterocycles. The van der Waals surface area contributed by atoms with Crippen molar-refractivity contribution >= 4 is 33.7 Å². The van der Waals surface area contributed by atoms with Crippen molar-refractivity contribution in [2.75, 3.05) is 0 Å². The summed E-state index contributed by atoms with van der Waals surface area (Å²) < 4.78 is 0. The highest BCUT2D eigenvalue weighted by molar-refractivity contribution is 6.12. The van der Waals surface area contributed by atoms with E-state index in [9.17, 15) is 9.90 Å². The van der Waals surface area contributed by atoms with Gasteiger partial charge < -0.3 is 10.4 Å². The monoisotopic (exact) mass is 251 g/mol. The topological polar surface area (TPSA) is 49.3 Å². The summed E-state index contributed by atoms with van der Waals surface area (Å²) in [5, 5.41) is 17.6. The summed E-state index contributed by atoms with van der Waals surface area (Å²) in [5.74, 6) is 0.274. The third kappa shape index (κ3) is 1.71. The molecule has 1 amide bonds. The van der Waals surface area contributed by atoms with E-state index in [1.807, 2.05) is 43.3 Å². The minimum absolute atomic E-state index is 0.274. The quantitative estimate of drug-likeness (QED) is 0.686. The van der Waals surface area contributed by atoms with Crippen molar-refractivity contribution in [2.45, 2.75) is 6.92 Å². The fourth-order valence-electron chi connectivity index (χ4n) is 2.54. The minimum atomic E-state index is 0.274. The lowest BCUT2D eigenvalue weighted by atomic mass is 9.98. The van der Waals surface area contributed by atoms with E-state index in [1.54, 1.807) is 6.07 Å². The van der Waals surface area contributed by atoms with Gasteiger partial charge in [0.05, 0.1) is 0 Å². The van der Waals surface area contributed by atoms with Gasteiger partial charge in [0.2, 0.25) is 6.41 Å². The molecule has 3 nitrogen and oxygen atoms in total. The Morgan fingerprint density at radius 2 is 1.95 bits per heavy atom. The zero-order chi connectivity index (χ0) is 13.4. The smallest absolute Gasteiger partial charge is 0.211 e. The van der Waals surface area contributed by atoms with Gasteiger partial charge in [-0.25, -0.2) is 0 Å². The molecule has 3 heteroatoms. The Morgan fingerprint density at radius 3 is 2.74 bits per heavy atom. The van der Waals surface area contributed by atoms with Crippen LogP contribution < -0.4 is 10.5 Å². The van der Waals surface area contributed by atoms with Crippen LogP contribution in [0.25, 0.3) is 27.2 Å². The van der Waals surface area contributed by atoms with Crippen molar-refractivity contribution in [3.63, 3.8) is 0 Å². The number of phenolic OH excluding ortho intramolecular Hbond substituents is 1. The highest BCUT2D eigenvalue weighted by Gasteiger charge is 2.07. The third-order valence-electron chi connectivity index (χ3n) is 3.45. The number of rotatable bonds is 2. The van der Waals surface area contributed by atoms with Gasteiger partial charge in [-0.15, -0.1) is 0 Å². The van der Waals surface area contributed by atoms with Crippen LogP contribution in [0.4, 0.5) is 0 Å². The van der Waals surface area contributed by atoms with Gasteiger partial charge in [-0.3, -0.25) is 4.79 Å². The van der Waals surface area contributed by atoms with Crippen molar-refractivity contribution in [2.24, 2.45) is 0 Å². The lowest BCUT2D eigenvalue weighted by Crippen LogP contribution is -2.17. The third-order valence-corrected chi connectivity index (χ3v) is 3.45. The molecular formula is C16H13NO2. The molecule has 2 N–H and O–H groups in total. The Hall–Kier alpha value is -2.55. The molecule has 0 aliphatic rings. The Bertz CT molecular complexity index is 837. The first kappa shape index (κ1) is 11.5. The number of hydrogen-bond acceptors (Lipinski definition) is 2. The van der Waals surface area contributed by atoms with Gasteiger partial charge in [-0.2, -0.15) is 0 Å². The van der Waals surface area contributed by atoms with E-state index in [2.05, 4.69) is 5.32 Å². The van der Waals surface area contributed by atoms with E-state index >= 15 is 0 Å². The molecule has 0 spiro atoms. The fraction of sp³-hybridized carbons (Fsp3) is 0.0625. The molecule has 0 unspecified atom stereocenters. The van der Waals surface area contributed by atoms with Crippen LogP contribution in [0.5, 0.6) is 5.75 Å². The van der Waals surface area contributed by atoms with E-state index in [0.29, 0.717) is 6.41 Å². The second kappa shape index (κ2) is 4.28. The summed E-state index contributed by atoms with van der Waals surface area (Å²) in [6, 6.07) is 13.4. The minimum Gasteiger partial charge on any atom is -0.507 e. The van der Waals surface area contributed by atoms with Gasteiger partial charge in [0.25, 0.3) is 0 Å². The number of nitrogens with one attached hydrogen (secondary N) is 1. The number of aromatic hydroxyl groups is 1. The lowest BCUT2D eigenvalue weighted by molar-refractivity contribution is -0.108. The van der Waals surface area contributed by atoms with E-state index in [1.165, 1.54) is 0 Å². The Labute approximate surface area is 110 Å². The highest BCUT2D eigenvalue weighted by Crippen LogP contribution is 2.30. The van der Waals surface area contributed by atoms with Crippen molar-refractivity contribution < 1.29 is 9.90 Å². The number of phenols is 1. The van der Waals surface area contributed by atoms with Gasteiger partial charge in [0.15, 0.2) is 0 Å². The van der Waals surface area contributed by atoms with Crippen LogP contribution in [0.3, 0.4) is 0 Å². The SMILES string of the molecule is CC(NC=O)=c1ccc2c(O)ccc3cccc1c32. The number of hydrogen-bond donors (Lipinski definition) is 2. The molecule has 3 aromatic rings. The maximum absolute atomic E-state index is 10.6. The molecule has 0 saturated heterocycles. The van der Waals surface area contributed by atoms with Crippen molar-refractivity contribution in [3.8, 4) is 5.75 Å². The van der Waals surface area contributed by atoms with Gasteiger partial charge in [0, 0.05) is 21.7 Å². The second-order valence-corrected chi connectivity index (χ2v) is 4.54. The zero-order valence-electron chi connectivity index (χ0n) is 10.5. The summed E-state index contributed by atoms with van der Waals surface area (Å²) in [4.78, 5) is 10.6. The fourth-order valence-corrected chi connectivity index (χ4v) is 2.54. The maximum Gasteiger partial charge on any atom is 0.211 e. The summed E-state index contributed by atoms with van der Waals surface area (Å²) in [7, 11) is 0. The average Bonchev–Trinajstić information content (AvgIpc) is 2.43. The lowest BCUT2D eigenvalue weighted by Gasteiger charge is -2.09. The van der Waals surface area contributed by atoms with Crippen LogP contribution in [0, 0.1) is 0 Å². The predicted molar refractivity (Wildman–Crippen MR) is 76.6 cm³/mol. The van der Waals surface area contributed by atoms with Crippen LogP contribution >= 0.6 is 0 Å². The normalized spacial score (nSPS) is 12.7. The maximum atomic E-state index is 10.6. The van der Waals surface area contributed by atoms with Gasteiger partial charge >= 0.3 is 0 Å². The molecule has 94 valence electrons. The van der Waals surface area contributed by atoms with E-state index < -0.39 is 0 Å². The molecule has 0 radical (unpaired) electrons. The first-order chi connectivity index (χ1) is 9.22. The Balaban J connectivity index is 2.56. The van der Waals surface area contributed by atoms with Gasteiger partial charge in [-0.05, 0) is 29.8 Å². The van der Waals surface area contributed by atoms with Crippen LogP contribution in [-0.4, -0.2) is 11.5 Å². The Morgan fingerprint density at radius 1 is 1.11 bits per heavy atom. The van der Waals surface area contributed by atoms with E-state index in [-0.39, 0.29) is 5.75 Å². The first-order valence-electron chi connectivity index (χ1n) is 6.06. The van der Waals surface area contributed by atoms with Crippen molar-refractivity contribution in [1.29, 1.82) is 0 Å². The zero-order valence-corrected chi connectivity index (χ0v) is 10.5. The summed E-state index contributed by atoms with van der Waals surface area (Å²) >= 11 is 0. The molecule has 3 aromatic carbocycles. The molecule has 19 heavy (non-hydrogen) atoms. The van der Waals surface area contributed by atoms with Crippen LogP contribution in [0.2, 0.25) is 0 Å².